The maximum absolute atomic E-state index is 14.0. The number of esters is 2. The molecule has 0 saturated carbocycles. The summed E-state index contributed by atoms with van der Waals surface area (Å²) in [6, 6.07) is 23.9. The van der Waals surface area contributed by atoms with Gasteiger partial charge in [0.05, 0.1) is 11.1 Å². The lowest BCUT2D eigenvalue weighted by Crippen LogP contribution is -2.59. The molecule has 6 heteroatoms. The summed E-state index contributed by atoms with van der Waals surface area (Å²) in [7, 11) is 0. The Labute approximate surface area is 273 Å². The maximum atomic E-state index is 14.0. The van der Waals surface area contributed by atoms with E-state index in [0.717, 1.165) is 58.4 Å². The number of ether oxygens (including phenoxy) is 2. The van der Waals surface area contributed by atoms with Gasteiger partial charge in [-0.3, -0.25) is 0 Å². The molecule has 0 unspecified atom stereocenters. The second-order valence-corrected chi connectivity index (χ2v) is 16.1. The number of carbonyl (C=O) groups excluding carboxylic acids is 2. The van der Waals surface area contributed by atoms with E-state index in [-0.39, 0.29) is 46.3 Å². The number of hydrogen-bond acceptors (Lipinski definition) is 6. The first-order chi connectivity index (χ1) is 21.5. The molecule has 0 aromatic heterocycles. The van der Waals surface area contributed by atoms with Crippen LogP contribution in [0.2, 0.25) is 0 Å². The highest BCUT2D eigenvalue weighted by atomic mass is 16.5. The molecule has 0 spiro atoms. The van der Waals surface area contributed by atoms with Crippen LogP contribution >= 0.6 is 0 Å². The molecular formula is C40H48N2O4. The largest absolute Gasteiger partial charge is 0.459 e. The van der Waals surface area contributed by atoms with E-state index in [0.29, 0.717) is 11.1 Å². The zero-order chi connectivity index (χ0) is 33.1. The van der Waals surface area contributed by atoms with Crippen LogP contribution in [-0.4, -0.2) is 46.3 Å². The fourth-order valence-electron chi connectivity index (χ4n) is 8.34. The van der Waals surface area contributed by atoms with Crippen LogP contribution in [-0.2, 0) is 9.47 Å². The van der Waals surface area contributed by atoms with Crippen LogP contribution in [0, 0.1) is 0 Å². The lowest BCUT2D eigenvalue weighted by molar-refractivity contribution is -0.00760. The quantitative estimate of drug-likeness (QED) is 0.218. The van der Waals surface area contributed by atoms with Gasteiger partial charge in [0.25, 0.3) is 0 Å². The van der Waals surface area contributed by atoms with E-state index in [2.05, 4.69) is 78.2 Å². The number of rotatable bonds is 5. The second-order valence-electron chi connectivity index (χ2n) is 16.1. The van der Waals surface area contributed by atoms with Gasteiger partial charge in [-0.05, 0) is 112 Å². The zero-order valence-corrected chi connectivity index (χ0v) is 28.5. The molecule has 2 fully saturated rings. The Balaban J connectivity index is 1.34. The third-order valence-corrected chi connectivity index (χ3v) is 9.36. The van der Waals surface area contributed by atoms with Gasteiger partial charge >= 0.3 is 11.9 Å². The molecule has 2 aliphatic rings. The number of nitrogens with one attached hydrogen (secondary N) is 2. The molecule has 242 valence electrons. The molecule has 46 heavy (non-hydrogen) atoms. The highest BCUT2D eigenvalue weighted by Crippen LogP contribution is 2.37. The van der Waals surface area contributed by atoms with E-state index in [1.54, 1.807) is 0 Å². The topological polar surface area (TPSA) is 76.7 Å². The number of carbonyl (C=O) groups is 2. The van der Waals surface area contributed by atoms with Crippen molar-refractivity contribution in [3.63, 3.8) is 0 Å². The van der Waals surface area contributed by atoms with Gasteiger partial charge in [-0.25, -0.2) is 9.59 Å². The first kappa shape index (κ1) is 32.2. The Bertz CT molecular complexity index is 1790. The van der Waals surface area contributed by atoms with Crippen molar-refractivity contribution in [3.8, 4) is 11.1 Å². The van der Waals surface area contributed by atoms with Crippen LogP contribution in [0.1, 0.15) is 102 Å². The number of fused-ring (bicyclic) bond motifs is 2. The summed E-state index contributed by atoms with van der Waals surface area (Å²) < 4.78 is 12.3. The fraction of sp³-hybridized carbons (Fsp3) is 0.450. The Morgan fingerprint density at radius 1 is 0.565 bits per heavy atom. The van der Waals surface area contributed by atoms with Gasteiger partial charge in [-0.15, -0.1) is 0 Å². The zero-order valence-electron chi connectivity index (χ0n) is 28.5. The lowest BCUT2D eigenvalue weighted by Gasteiger charge is -2.45. The van der Waals surface area contributed by atoms with Crippen LogP contribution in [0.4, 0.5) is 0 Å². The Hall–Kier alpha value is -3.74. The SMILES string of the molecule is CC1(C)CC(OC(=O)c2ccc3c(-c4cc5ccccc5cc4C(=O)OC4CC(C)(C)NC(C)(C)C4)cccc3c2)CC(C)(C)N1. The Morgan fingerprint density at radius 2 is 1.07 bits per heavy atom. The lowest BCUT2D eigenvalue weighted by atomic mass is 9.81. The van der Waals surface area contributed by atoms with Crippen LogP contribution in [0.15, 0.2) is 72.8 Å². The van der Waals surface area contributed by atoms with Crippen molar-refractivity contribution in [3.05, 3.63) is 83.9 Å². The first-order valence-electron chi connectivity index (χ1n) is 16.5. The second kappa shape index (κ2) is 11.5. The summed E-state index contributed by atoms with van der Waals surface area (Å²) in [5.41, 5.74) is 2.27. The molecular weight excluding hydrogens is 572 g/mol. The molecule has 0 atom stereocenters. The smallest absolute Gasteiger partial charge is 0.339 e. The number of piperidine rings is 2. The minimum Gasteiger partial charge on any atom is -0.459 e. The molecule has 6 nitrogen and oxygen atoms in total. The summed E-state index contributed by atoms with van der Waals surface area (Å²) in [6.07, 6.45) is 2.63. The Morgan fingerprint density at radius 3 is 1.63 bits per heavy atom. The van der Waals surface area contributed by atoms with E-state index in [4.69, 9.17) is 9.47 Å². The van der Waals surface area contributed by atoms with Gasteiger partial charge in [0.2, 0.25) is 0 Å². The summed E-state index contributed by atoms with van der Waals surface area (Å²) in [4.78, 5) is 27.4. The van der Waals surface area contributed by atoms with Gasteiger partial charge in [-0.1, -0.05) is 48.5 Å². The van der Waals surface area contributed by atoms with Gasteiger partial charge in [0.1, 0.15) is 12.2 Å². The maximum Gasteiger partial charge on any atom is 0.339 e. The summed E-state index contributed by atoms with van der Waals surface area (Å²) in [5.74, 6) is -0.627. The Kier molecular flexibility index (Phi) is 8.05. The third-order valence-electron chi connectivity index (χ3n) is 9.36. The molecule has 4 aromatic rings. The van der Waals surface area contributed by atoms with E-state index in [1.165, 1.54) is 0 Å². The fourth-order valence-corrected chi connectivity index (χ4v) is 8.34. The molecule has 2 aliphatic heterocycles. The molecule has 0 amide bonds. The van der Waals surface area contributed by atoms with E-state index < -0.39 is 0 Å². The summed E-state index contributed by atoms with van der Waals surface area (Å²) >= 11 is 0. The average Bonchev–Trinajstić information content (AvgIpc) is 2.92. The van der Waals surface area contributed by atoms with Gasteiger partial charge in [0, 0.05) is 47.8 Å². The van der Waals surface area contributed by atoms with Crippen LogP contribution in [0.5, 0.6) is 0 Å². The van der Waals surface area contributed by atoms with Gasteiger partial charge in [-0.2, -0.15) is 0 Å². The normalized spacial score (nSPS) is 20.8. The molecule has 2 heterocycles. The van der Waals surface area contributed by atoms with Crippen molar-refractivity contribution >= 4 is 33.5 Å². The highest BCUT2D eigenvalue weighted by Gasteiger charge is 2.41. The van der Waals surface area contributed by atoms with Gasteiger partial charge < -0.3 is 20.1 Å². The van der Waals surface area contributed by atoms with E-state index in [9.17, 15) is 9.59 Å². The van der Waals surface area contributed by atoms with Crippen molar-refractivity contribution in [1.82, 2.24) is 10.6 Å². The number of benzene rings is 4. The van der Waals surface area contributed by atoms with Crippen molar-refractivity contribution in [2.24, 2.45) is 0 Å². The monoisotopic (exact) mass is 620 g/mol. The van der Waals surface area contributed by atoms with Crippen LogP contribution < -0.4 is 10.6 Å². The highest BCUT2D eigenvalue weighted by molar-refractivity contribution is 6.08. The standard InChI is InChI=1S/C40H48N2O4/c1-37(2)21-29(22-38(3,4)41-37)45-35(43)28-16-17-31-27(18-28)14-11-15-32(31)33-19-25-12-9-10-13-26(25)20-34(33)36(44)46-30-23-39(5,6)42-40(7,8)24-30/h9-20,29-30,41-42H,21-24H2,1-8H3. The minimum atomic E-state index is -0.315. The number of hydrogen-bond donors (Lipinski definition) is 2. The molecule has 0 aliphatic carbocycles. The molecule has 2 saturated heterocycles. The molecule has 0 bridgehead atoms. The predicted octanol–water partition coefficient (Wildman–Crippen LogP) is 8.59. The average molecular weight is 621 g/mol. The van der Waals surface area contributed by atoms with Gasteiger partial charge in [0.15, 0.2) is 0 Å². The van der Waals surface area contributed by atoms with Crippen LogP contribution in [0.25, 0.3) is 32.7 Å². The van der Waals surface area contributed by atoms with Crippen molar-refractivity contribution in [1.29, 1.82) is 0 Å². The van der Waals surface area contributed by atoms with Crippen molar-refractivity contribution in [2.45, 2.75) is 115 Å². The van der Waals surface area contributed by atoms with Crippen molar-refractivity contribution < 1.29 is 19.1 Å². The predicted molar refractivity (Wildman–Crippen MR) is 186 cm³/mol. The summed E-state index contributed by atoms with van der Waals surface area (Å²) in [6.45, 7) is 17.2. The molecule has 4 aromatic carbocycles. The molecule has 2 N–H and O–H groups in total. The first-order valence-corrected chi connectivity index (χ1v) is 16.5. The molecule has 6 rings (SSSR count). The summed E-state index contributed by atoms with van der Waals surface area (Å²) in [5, 5.41) is 11.2. The van der Waals surface area contributed by atoms with Crippen molar-refractivity contribution in [2.75, 3.05) is 0 Å². The third kappa shape index (κ3) is 6.98. The molecule has 0 radical (unpaired) electrons. The van der Waals surface area contributed by atoms with E-state index in [1.807, 2.05) is 60.7 Å². The van der Waals surface area contributed by atoms with E-state index >= 15 is 0 Å². The van der Waals surface area contributed by atoms with Crippen LogP contribution in [0.3, 0.4) is 0 Å². The minimum absolute atomic E-state index is 0.121.